The lowest BCUT2D eigenvalue weighted by molar-refractivity contribution is -0.0109. The van der Waals surface area contributed by atoms with Crippen LogP contribution in [-0.4, -0.2) is 43.3 Å². The van der Waals surface area contributed by atoms with Gasteiger partial charge in [0.2, 0.25) is 5.92 Å². The van der Waals surface area contributed by atoms with Gasteiger partial charge in [0.25, 0.3) is 0 Å². The molecule has 0 radical (unpaired) electrons. The third kappa shape index (κ3) is 6.34. The van der Waals surface area contributed by atoms with Gasteiger partial charge in [0.05, 0.1) is 24.2 Å². The fourth-order valence-corrected chi connectivity index (χ4v) is 1.80. The molecule has 0 saturated carbocycles. The third-order valence-electron chi connectivity index (χ3n) is 3.43. The van der Waals surface area contributed by atoms with Crippen molar-refractivity contribution >= 4 is 18.0 Å². The van der Waals surface area contributed by atoms with Crippen LogP contribution in [0, 0.1) is 13.8 Å². The molecular weight excluding hydrogens is 302 g/mol. The number of aryl methyl sites for hydroxylation is 2. The molecule has 0 aromatic heterocycles. The van der Waals surface area contributed by atoms with Crippen LogP contribution in [0.15, 0.2) is 17.1 Å². The summed E-state index contributed by atoms with van der Waals surface area (Å²) in [4.78, 5) is 18.3. The fourth-order valence-electron chi connectivity index (χ4n) is 1.80. The summed E-state index contributed by atoms with van der Waals surface area (Å²) in [5.74, 6) is -3.43. The fraction of sp³-hybridized carbons (Fsp3) is 0.529. The number of carbonyl (C=O) groups is 1. The molecule has 0 fully saturated rings. The van der Waals surface area contributed by atoms with Gasteiger partial charge in [-0.05, 0) is 51.0 Å². The molecule has 23 heavy (non-hydrogen) atoms. The van der Waals surface area contributed by atoms with Crippen LogP contribution in [0.5, 0.6) is 0 Å². The number of carbonyl (C=O) groups excluding carboxylic acids is 1. The minimum absolute atomic E-state index is 0.304. The van der Waals surface area contributed by atoms with Crippen LogP contribution in [0.1, 0.15) is 41.8 Å². The van der Waals surface area contributed by atoms with E-state index in [4.69, 9.17) is 4.74 Å². The van der Waals surface area contributed by atoms with Crippen LogP contribution in [0.25, 0.3) is 0 Å². The number of hydrogen-bond acceptors (Lipinski definition) is 3. The van der Waals surface area contributed by atoms with E-state index in [9.17, 15) is 13.6 Å². The SMILES string of the molecule is CCN(C)/C=N/c1cc(C)c(C(=O)OCCC(C)(F)F)cc1C. The Balaban J connectivity index is 2.83. The van der Waals surface area contributed by atoms with E-state index in [1.807, 2.05) is 25.8 Å². The maximum absolute atomic E-state index is 12.7. The lowest BCUT2D eigenvalue weighted by atomic mass is 10.0. The monoisotopic (exact) mass is 326 g/mol. The van der Waals surface area contributed by atoms with Crippen molar-refractivity contribution in [2.24, 2.45) is 4.99 Å². The molecule has 6 heteroatoms. The first-order valence-corrected chi connectivity index (χ1v) is 7.54. The van der Waals surface area contributed by atoms with Crippen LogP contribution >= 0.6 is 0 Å². The molecule has 0 atom stereocenters. The van der Waals surface area contributed by atoms with Crippen molar-refractivity contribution in [3.05, 3.63) is 28.8 Å². The van der Waals surface area contributed by atoms with Gasteiger partial charge in [-0.3, -0.25) is 0 Å². The summed E-state index contributed by atoms with van der Waals surface area (Å²) in [6.45, 7) is 6.97. The zero-order chi connectivity index (χ0) is 17.6. The van der Waals surface area contributed by atoms with Gasteiger partial charge < -0.3 is 9.64 Å². The van der Waals surface area contributed by atoms with Gasteiger partial charge in [0.1, 0.15) is 0 Å². The molecule has 0 bridgehead atoms. The van der Waals surface area contributed by atoms with Gasteiger partial charge in [0.15, 0.2) is 0 Å². The van der Waals surface area contributed by atoms with E-state index in [2.05, 4.69) is 4.99 Å². The van der Waals surface area contributed by atoms with Crippen LogP contribution in [0.3, 0.4) is 0 Å². The quantitative estimate of drug-likeness (QED) is 0.430. The summed E-state index contributed by atoms with van der Waals surface area (Å²) >= 11 is 0. The molecule has 0 saturated heterocycles. The van der Waals surface area contributed by atoms with Crippen molar-refractivity contribution in [2.75, 3.05) is 20.2 Å². The molecule has 1 rings (SSSR count). The van der Waals surface area contributed by atoms with Crippen LogP contribution in [-0.2, 0) is 4.74 Å². The number of rotatable bonds is 7. The number of nitrogens with zero attached hydrogens (tertiary/aromatic N) is 2. The highest BCUT2D eigenvalue weighted by Gasteiger charge is 2.22. The smallest absolute Gasteiger partial charge is 0.338 e. The number of benzene rings is 1. The van der Waals surface area contributed by atoms with E-state index in [1.54, 1.807) is 25.4 Å². The summed E-state index contributed by atoms with van der Waals surface area (Å²) in [6, 6.07) is 3.47. The molecule has 0 spiro atoms. The lowest BCUT2D eigenvalue weighted by Gasteiger charge is -2.13. The third-order valence-corrected chi connectivity index (χ3v) is 3.43. The molecule has 1 aromatic rings. The predicted molar refractivity (Wildman–Crippen MR) is 87.9 cm³/mol. The number of halogens is 2. The van der Waals surface area contributed by atoms with Gasteiger partial charge in [-0.25, -0.2) is 18.6 Å². The van der Waals surface area contributed by atoms with Crippen LogP contribution in [0.2, 0.25) is 0 Å². The highest BCUT2D eigenvalue weighted by atomic mass is 19.3. The highest BCUT2D eigenvalue weighted by Crippen LogP contribution is 2.24. The average molecular weight is 326 g/mol. The molecule has 128 valence electrons. The second-order valence-corrected chi connectivity index (χ2v) is 5.73. The number of ether oxygens (including phenoxy) is 1. The Kier molecular flexibility index (Phi) is 6.66. The molecular formula is C17H24F2N2O2. The Morgan fingerprint density at radius 2 is 2.00 bits per heavy atom. The molecule has 0 aliphatic heterocycles. The minimum atomic E-state index is -2.84. The summed E-state index contributed by atoms with van der Waals surface area (Å²) in [5.41, 5.74) is 2.67. The van der Waals surface area contributed by atoms with E-state index >= 15 is 0 Å². The van der Waals surface area contributed by atoms with E-state index in [-0.39, 0.29) is 6.61 Å². The molecule has 1 aromatic carbocycles. The standard InChI is InChI=1S/C17H24F2N2O2/c1-6-21(5)11-20-15-10-12(2)14(9-13(15)3)16(22)23-8-7-17(4,18)19/h9-11H,6-8H2,1-5H3/b20-11+. The van der Waals surface area contributed by atoms with Crippen molar-refractivity contribution in [1.29, 1.82) is 0 Å². The highest BCUT2D eigenvalue weighted by molar-refractivity contribution is 5.92. The molecule has 0 unspecified atom stereocenters. The minimum Gasteiger partial charge on any atom is -0.462 e. The zero-order valence-corrected chi connectivity index (χ0v) is 14.3. The number of esters is 1. The Bertz CT molecular complexity index is 581. The lowest BCUT2D eigenvalue weighted by Crippen LogP contribution is -2.16. The Labute approximate surface area is 136 Å². The average Bonchev–Trinajstić information content (AvgIpc) is 2.45. The molecule has 0 heterocycles. The van der Waals surface area contributed by atoms with E-state index < -0.39 is 18.3 Å². The van der Waals surface area contributed by atoms with E-state index in [0.29, 0.717) is 11.1 Å². The molecule has 0 amide bonds. The van der Waals surface area contributed by atoms with E-state index in [0.717, 1.165) is 24.7 Å². The van der Waals surface area contributed by atoms with Crippen molar-refractivity contribution < 1.29 is 18.3 Å². The molecule has 0 aliphatic carbocycles. The largest absolute Gasteiger partial charge is 0.462 e. The van der Waals surface area contributed by atoms with Crippen LogP contribution < -0.4 is 0 Å². The summed E-state index contributed by atoms with van der Waals surface area (Å²) < 4.78 is 30.4. The summed E-state index contributed by atoms with van der Waals surface area (Å²) in [6.07, 6.45) is 1.24. The normalized spacial score (nSPS) is 11.8. The second kappa shape index (κ2) is 8.04. The number of aliphatic imine (C=N–C) groups is 1. The Hall–Kier alpha value is -1.98. The van der Waals surface area contributed by atoms with Gasteiger partial charge in [-0.1, -0.05) is 0 Å². The van der Waals surface area contributed by atoms with Gasteiger partial charge in [-0.15, -0.1) is 0 Å². The summed E-state index contributed by atoms with van der Waals surface area (Å²) in [5, 5.41) is 0. The Morgan fingerprint density at radius 3 is 2.57 bits per heavy atom. The molecule has 0 aliphatic rings. The van der Waals surface area contributed by atoms with Crippen molar-refractivity contribution in [1.82, 2.24) is 4.90 Å². The number of hydrogen-bond donors (Lipinski definition) is 0. The van der Waals surface area contributed by atoms with Gasteiger partial charge >= 0.3 is 5.97 Å². The predicted octanol–water partition coefficient (Wildman–Crippen LogP) is 4.12. The van der Waals surface area contributed by atoms with Crippen LogP contribution in [0.4, 0.5) is 14.5 Å². The van der Waals surface area contributed by atoms with Crippen molar-refractivity contribution in [3.63, 3.8) is 0 Å². The van der Waals surface area contributed by atoms with Crippen molar-refractivity contribution in [2.45, 2.75) is 40.0 Å². The van der Waals surface area contributed by atoms with Crippen molar-refractivity contribution in [3.8, 4) is 0 Å². The maximum atomic E-state index is 12.7. The van der Waals surface area contributed by atoms with Gasteiger partial charge in [-0.2, -0.15) is 0 Å². The molecule has 0 N–H and O–H groups in total. The van der Waals surface area contributed by atoms with Gasteiger partial charge in [0, 0.05) is 20.0 Å². The first-order valence-electron chi connectivity index (χ1n) is 7.54. The second-order valence-electron chi connectivity index (χ2n) is 5.73. The van der Waals surface area contributed by atoms with E-state index in [1.165, 1.54) is 0 Å². The first kappa shape index (κ1) is 19.1. The summed E-state index contributed by atoms with van der Waals surface area (Å²) in [7, 11) is 1.92. The topological polar surface area (TPSA) is 41.9 Å². The Morgan fingerprint density at radius 1 is 1.35 bits per heavy atom. The first-order chi connectivity index (χ1) is 10.6. The molecule has 4 nitrogen and oxygen atoms in total. The zero-order valence-electron chi connectivity index (χ0n) is 14.3. The number of alkyl halides is 2. The maximum Gasteiger partial charge on any atom is 0.338 e.